The van der Waals surface area contributed by atoms with Crippen molar-refractivity contribution in [3.05, 3.63) is 69.2 Å². The van der Waals surface area contributed by atoms with Crippen LogP contribution in [0.3, 0.4) is 0 Å². The van der Waals surface area contributed by atoms with Gasteiger partial charge in [-0.2, -0.15) is 0 Å². The first kappa shape index (κ1) is 17.8. The lowest BCUT2D eigenvalue weighted by Gasteiger charge is -2.16. The lowest BCUT2D eigenvalue weighted by molar-refractivity contribution is 0.210. The first-order valence-electron chi connectivity index (χ1n) is 7.72. The molecular weight excluding hydrogens is 361 g/mol. The Balaban J connectivity index is 1.91. The topological polar surface area (TPSA) is 94.2 Å². The molecule has 4 N–H and O–H groups in total. The van der Waals surface area contributed by atoms with E-state index in [4.69, 9.17) is 16.7 Å². The number of rotatable bonds is 4. The van der Waals surface area contributed by atoms with Crippen molar-refractivity contribution in [2.24, 2.45) is 0 Å². The van der Waals surface area contributed by atoms with Gasteiger partial charge in [-0.25, -0.2) is 9.18 Å². The number of carbonyl (C=O) groups is 1. The monoisotopic (exact) mass is 375 g/mol. The Bertz CT molecular complexity index is 1050. The molecule has 0 radical (unpaired) electrons. The highest BCUT2D eigenvalue weighted by Gasteiger charge is 2.13. The molecule has 0 aliphatic rings. The molecule has 134 valence electrons. The van der Waals surface area contributed by atoms with Crippen molar-refractivity contribution in [1.29, 1.82) is 0 Å². The van der Waals surface area contributed by atoms with Gasteiger partial charge in [-0.1, -0.05) is 17.7 Å². The molecule has 8 heteroatoms. The summed E-state index contributed by atoms with van der Waals surface area (Å²) in [5.41, 5.74) is 1.50. The van der Waals surface area contributed by atoms with Gasteiger partial charge in [0.2, 0.25) is 0 Å². The molecule has 1 unspecified atom stereocenters. The van der Waals surface area contributed by atoms with Crippen molar-refractivity contribution < 1.29 is 14.3 Å². The number of anilines is 2. The molecule has 26 heavy (non-hydrogen) atoms. The highest BCUT2D eigenvalue weighted by Crippen LogP contribution is 2.24. The second-order valence-electron chi connectivity index (χ2n) is 5.78. The quantitative estimate of drug-likeness (QED) is 0.536. The first-order chi connectivity index (χ1) is 12.3. The van der Waals surface area contributed by atoms with E-state index in [0.29, 0.717) is 27.8 Å². The molecule has 6 nitrogen and oxygen atoms in total. The fourth-order valence-corrected chi connectivity index (χ4v) is 2.85. The maximum Gasteiger partial charge on any atom is 0.409 e. The number of hydrogen-bond acceptors (Lipinski definition) is 3. The molecule has 2 aromatic carbocycles. The van der Waals surface area contributed by atoms with E-state index >= 15 is 0 Å². The number of amides is 1. The van der Waals surface area contributed by atoms with Crippen LogP contribution >= 0.6 is 11.6 Å². The van der Waals surface area contributed by atoms with Gasteiger partial charge >= 0.3 is 6.09 Å². The molecule has 1 atom stereocenters. The number of fused-ring (bicyclic) bond motifs is 1. The molecule has 1 heterocycles. The number of benzene rings is 2. The van der Waals surface area contributed by atoms with Gasteiger partial charge in [-0.3, -0.25) is 10.1 Å². The fraction of sp³-hybridized carbons (Fsp3) is 0.111. The van der Waals surface area contributed by atoms with E-state index in [-0.39, 0.29) is 16.6 Å². The molecule has 0 aliphatic heterocycles. The standard InChI is InChI=1S/C18H15ClFN3O3/c1-9(21-11-3-2-4-12(7-11)22-18(25)26)13-5-10-6-14(19)15(20)8-16(10)23-17(13)24/h2-9,21-22H,1H3,(H,23,24)(H,25,26). The predicted molar refractivity (Wildman–Crippen MR) is 99.7 cm³/mol. The minimum absolute atomic E-state index is 0.0245. The van der Waals surface area contributed by atoms with Crippen molar-refractivity contribution in [3.63, 3.8) is 0 Å². The average Bonchev–Trinajstić information content (AvgIpc) is 2.55. The predicted octanol–water partition coefficient (Wildman–Crippen LogP) is 4.58. The largest absolute Gasteiger partial charge is 0.465 e. The molecule has 1 amide bonds. The van der Waals surface area contributed by atoms with Gasteiger partial charge in [0.25, 0.3) is 5.56 Å². The Morgan fingerprint density at radius 2 is 1.96 bits per heavy atom. The van der Waals surface area contributed by atoms with Crippen molar-refractivity contribution in [2.75, 3.05) is 10.6 Å². The zero-order valence-electron chi connectivity index (χ0n) is 13.6. The number of halogens is 2. The highest BCUT2D eigenvalue weighted by atomic mass is 35.5. The first-order valence-corrected chi connectivity index (χ1v) is 8.10. The van der Waals surface area contributed by atoms with E-state index < -0.39 is 11.9 Å². The molecule has 3 rings (SSSR count). The normalized spacial score (nSPS) is 12.0. The molecule has 3 aromatic rings. The van der Waals surface area contributed by atoms with E-state index in [1.54, 1.807) is 37.3 Å². The van der Waals surface area contributed by atoms with Crippen LogP contribution in [-0.4, -0.2) is 16.2 Å². The number of pyridine rings is 1. The third-order valence-corrected chi connectivity index (χ3v) is 4.17. The maximum atomic E-state index is 13.5. The molecule has 0 saturated heterocycles. The summed E-state index contributed by atoms with van der Waals surface area (Å²) in [5.74, 6) is -0.600. The van der Waals surface area contributed by atoms with Crippen molar-refractivity contribution in [1.82, 2.24) is 4.98 Å². The van der Waals surface area contributed by atoms with E-state index in [1.807, 2.05) is 0 Å². The molecule has 0 saturated carbocycles. The zero-order chi connectivity index (χ0) is 18.8. The van der Waals surface area contributed by atoms with Gasteiger partial charge in [-0.05, 0) is 43.3 Å². The zero-order valence-corrected chi connectivity index (χ0v) is 14.4. The molecule has 1 aromatic heterocycles. The summed E-state index contributed by atoms with van der Waals surface area (Å²) in [7, 11) is 0. The van der Waals surface area contributed by atoms with E-state index in [0.717, 1.165) is 0 Å². The molecule has 0 fully saturated rings. The van der Waals surface area contributed by atoms with Crippen LogP contribution < -0.4 is 16.2 Å². The summed E-state index contributed by atoms with van der Waals surface area (Å²) in [6, 6.07) is 10.6. The van der Waals surface area contributed by atoms with Crippen LogP contribution in [-0.2, 0) is 0 Å². The SMILES string of the molecule is CC(Nc1cccc(NC(=O)O)c1)c1cc2cc(Cl)c(F)cc2[nH]c1=O. The van der Waals surface area contributed by atoms with Gasteiger partial charge in [0, 0.05) is 22.3 Å². The lowest BCUT2D eigenvalue weighted by Crippen LogP contribution is -2.19. The van der Waals surface area contributed by atoms with Crippen molar-refractivity contribution >= 4 is 40.0 Å². The van der Waals surface area contributed by atoms with Crippen LogP contribution in [0.4, 0.5) is 20.6 Å². The van der Waals surface area contributed by atoms with Crippen LogP contribution in [0, 0.1) is 5.82 Å². The summed E-state index contributed by atoms with van der Waals surface area (Å²) in [5, 5.41) is 14.8. The molecular formula is C18H15ClFN3O3. The van der Waals surface area contributed by atoms with Crippen LogP contribution in [0.1, 0.15) is 18.5 Å². The summed E-state index contributed by atoms with van der Waals surface area (Å²) in [6.07, 6.45) is -1.16. The van der Waals surface area contributed by atoms with Crippen LogP contribution in [0.15, 0.2) is 47.3 Å². The Labute approximate surface area is 152 Å². The second-order valence-corrected chi connectivity index (χ2v) is 6.19. The Morgan fingerprint density at radius 3 is 2.69 bits per heavy atom. The summed E-state index contributed by atoms with van der Waals surface area (Å²) >= 11 is 5.81. The van der Waals surface area contributed by atoms with Gasteiger partial charge in [0.1, 0.15) is 5.82 Å². The van der Waals surface area contributed by atoms with Gasteiger partial charge < -0.3 is 15.4 Å². The minimum atomic E-state index is -1.16. The smallest absolute Gasteiger partial charge is 0.409 e. The fourth-order valence-electron chi connectivity index (χ4n) is 2.68. The number of H-pyrrole nitrogens is 1. The minimum Gasteiger partial charge on any atom is -0.465 e. The van der Waals surface area contributed by atoms with Crippen LogP contribution in [0.5, 0.6) is 0 Å². The number of hydrogen-bond donors (Lipinski definition) is 4. The summed E-state index contributed by atoms with van der Waals surface area (Å²) in [6.45, 7) is 1.79. The van der Waals surface area contributed by atoms with Crippen molar-refractivity contribution in [3.8, 4) is 0 Å². The average molecular weight is 376 g/mol. The van der Waals surface area contributed by atoms with Crippen LogP contribution in [0.2, 0.25) is 5.02 Å². The maximum absolute atomic E-state index is 13.5. The molecule has 0 aliphatic carbocycles. The Morgan fingerprint density at radius 1 is 1.23 bits per heavy atom. The van der Waals surface area contributed by atoms with E-state index in [1.165, 1.54) is 12.1 Å². The summed E-state index contributed by atoms with van der Waals surface area (Å²) < 4.78 is 13.5. The number of carboxylic acid groups (broad SMARTS) is 1. The lowest BCUT2D eigenvalue weighted by atomic mass is 10.1. The molecule has 0 bridgehead atoms. The Hall–Kier alpha value is -3.06. The van der Waals surface area contributed by atoms with Crippen molar-refractivity contribution in [2.45, 2.75) is 13.0 Å². The third-order valence-electron chi connectivity index (χ3n) is 3.88. The number of nitrogens with one attached hydrogen (secondary N) is 3. The summed E-state index contributed by atoms with van der Waals surface area (Å²) in [4.78, 5) is 25.7. The third kappa shape index (κ3) is 3.78. The van der Waals surface area contributed by atoms with Gasteiger partial charge in [0.15, 0.2) is 0 Å². The second kappa shape index (κ2) is 7.05. The molecule has 0 spiro atoms. The number of aromatic amines is 1. The Kier molecular flexibility index (Phi) is 4.81. The van der Waals surface area contributed by atoms with Crippen LogP contribution in [0.25, 0.3) is 10.9 Å². The highest BCUT2D eigenvalue weighted by molar-refractivity contribution is 6.31. The number of aromatic nitrogens is 1. The van der Waals surface area contributed by atoms with Gasteiger partial charge in [0.05, 0.1) is 16.6 Å². The van der Waals surface area contributed by atoms with E-state index in [9.17, 15) is 14.0 Å². The van der Waals surface area contributed by atoms with E-state index in [2.05, 4.69) is 15.6 Å². The van der Waals surface area contributed by atoms with Gasteiger partial charge in [-0.15, -0.1) is 0 Å².